The van der Waals surface area contributed by atoms with Gasteiger partial charge in [-0.05, 0) is 31.5 Å². The van der Waals surface area contributed by atoms with Crippen LogP contribution >= 0.6 is 11.6 Å². The highest BCUT2D eigenvalue weighted by molar-refractivity contribution is 6.38. The van der Waals surface area contributed by atoms with E-state index in [0.717, 1.165) is 11.1 Å². The Kier molecular flexibility index (Phi) is 3.62. The van der Waals surface area contributed by atoms with Crippen LogP contribution < -0.4 is 4.90 Å². The predicted octanol–water partition coefficient (Wildman–Crippen LogP) is 3.25. The van der Waals surface area contributed by atoms with E-state index < -0.39 is 17.9 Å². The third-order valence-electron chi connectivity index (χ3n) is 4.56. The number of oxime groups is 1. The Morgan fingerprint density at radius 2 is 1.84 bits per heavy atom. The van der Waals surface area contributed by atoms with Crippen molar-refractivity contribution in [2.45, 2.75) is 20.0 Å². The summed E-state index contributed by atoms with van der Waals surface area (Å²) >= 11 is 6.23. The van der Waals surface area contributed by atoms with Gasteiger partial charge in [0.1, 0.15) is 11.6 Å². The first kappa shape index (κ1) is 15.8. The molecule has 2 aliphatic heterocycles. The molecule has 126 valence electrons. The first-order chi connectivity index (χ1) is 12.0. The average Bonchev–Trinajstić information content (AvgIpc) is 3.10. The predicted molar refractivity (Wildman–Crippen MR) is 94.8 cm³/mol. The summed E-state index contributed by atoms with van der Waals surface area (Å²) in [4.78, 5) is 32.3. The lowest BCUT2D eigenvalue weighted by molar-refractivity contribution is -0.126. The summed E-state index contributed by atoms with van der Waals surface area (Å²) in [5.41, 5.74) is 3.52. The van der Waals surface area contributed by atoms with E-state index in [0.29, 0.717) is 22.0 Å². The van der Waals surface area contributed by atoms with E-state index in [1.54, 1.807) is 30.3 Å². The quantitative estimate of drug-likeness (QED) is 0.778. The van der Waals surface area contributed by atoms with Crippen molar-refractivity contribution in [3.63, 3.8) is 0 Å². The van der Waals surface area contributed by atoms with E-state index in [1.165, 1.54) is 4.90 Å². The molecule has 1 saturated heterocycles. The third-order valence-corrected chi connectivity index (χ3v) is 4.88. The number of hydrogen-bond donors (Lipinski definition) is 0. The minimum absolute atomic E-state index is 0.335. The Morgan fingerprint density at radius 1 is 1.08 bits per heavy atom. The number of nitrogens with zero attached hydrogens (tertiary/aromatic N) is 2. The lowest BCUT2D eigenvalue weighted by atomic mass is 9.94. The third kappa shape index (κ3) is 2.35. The second kappa shape index (κ2) is 5.70. The largest absolute Gasteiger partial charge is 0.381 e. The van der Waals surface area contributed by atoms with Crippen molar-refractivity contribution in [3.8, 4) is 0 Å². The number of benzene rings is 2. The molecule has 1 fully saturated rings. The number of imide groups is 1. The number of amides is 2. The van der Waals surface area contributed by atoms with Gasteiger partial charge in [-0.2, -0.15) is 0 Å². The number of anilines is 1. The van der Waals surface area contributed by atoms with Gasteiger partial charge < -0.3 is 4.84 Å². The van der Waals surface area contributed by atoms with Crippen LogP contribution in [0.4, 0.5) is 5.69 Å². The van der Waals surface area contributed by atoms with Gasteiger partial charge in [0, 0.05) is 10.6 Å². The van der Waals surface area contributed by atoms with E-state index in [2.05, 4.69) is 5.16 Å². The Morgan fingerprint density at radius 3 is 2.56 bits per heavy atom. The minimum Gasteiger partial charge on any atom is -0.381 e. The van der Waals surface area contributed by atoms with E-state index in [1.807, 2.05) is 26.0 Å². The molecule has 0 aliphatic carbocycles. The normalized spacial score (nSPS) is 22.0. The Hall–Kier alpha value is -2.66. The summed E-state index contributed by atoms with van der Waals surface area (Å²) < 4.78 is 0. The highest BCUT2D eigenvalue weighted by Gasteiger charge is 2.56. The van der Waals surface area contributed by atoms with Crippen molar-refractivity contribution in [3.05, 3.63) is 64.2 Å². The highest BCUT2D eigenvalue weighted by atomic mass is 35.5. The van der Waals surface area contributed by atoms with Crippen LogP contribution in [-0.4, -0.2) is 23.6 Å². The second-order valence-electron chi connectivity index (χ2n) is 6.26. The molecule has 2 heterocycles. The zero-order valence-corrected chi connectivity index (χ0v) is 14.4. The van der Waals surface area contributed by atoms with Crippen molar-refractivity contribution >= 4 is 34.8 Å². The van der Waals surface area contributed by atoms with Gasteiger partial charge in [-0.25, -0.2) is 4.90 Å². The molecule has 0 aromatic heterocycles. The molecule has 2 aromatic rings. The molecule has 0 radical (unpaired) electrons. The van der Waals surface area contributed by atoms with E-state index in [-0.39, 0.29) is 5.91 Å². The molecule has 25 heavy (non-hydrogen) atoms. The maximum atomic E-state index is 13.0. The molecule has 2 aromatic carbocycles. The van der Waals surface area contributed by atoms with Crippen molar-refractivity contribution < 1.29 is 14.4 Å². The van der Waals surface area contributed by atoms with Crippen molar-refractivity contribution in [2.24, 2.45) is 11.1 Å². The summed E-state index contributed by atoms with van der Waals surface area (Å²) in [6.07, 6.45) is -0.931. The Bertz CT molecular complexity index is 938. The summed E-state index contributed by atoms with van der Waals surface area (Å²) in [5, 5.41) is 4.45. The van der Waals surface area contributed by atoms with Gasteiger partial charge in [-0.15, -0.1) is 0 Å². The molecule has 0 bridgehead atoms. The molecule has 0 spiro atoms. The SMILES string of the molecule is Cc1ccc(N2C(=O)[C@H]3C(c4ccccc4Cl)=NO[C@@H]3C2=O)c(C)c1. The van der Waals surface area contributed by atoms with Crippen molar-refractivity contribution in [1.29, 1.82) is 0 Å². The maximum absolute atomic E-state index is 13.0. The van der Waals surface area contributed by atoms with Crippen LogP contribution in [0.5, 0.6) is 0 Å². The Labute approximate surface area is 149 Å². The van der Waals surface area contributed by atoms with Crippen LogP contribution in [0.15, 0.2) is 47.6 Å². The zero-order valence-electron chi connectivity index (χ0n) is 13.7. The molecule has 6 heteroatoms. The van der Waals surface area contributed by atoms with E-state index >= 15 is 0 Å². The van der Waals surface area contributed by atoms with Gasteiger partial charge in [-0.1, -0.05) is 52.7 Å². The number of aryl methyl sites for hydroxylation is 2. The molecule has 2 amide bonds. The average molecular weight is 355 g/mol. The van der Waals surface area contributed by atoms with Gasteiger partial charge in [0.05, 0.1) is 5.69 Å². The summed E-state index contributed by atoms with van der Waals surface area (Å²) in [6.45, 7) is 3.84. The molecular weight excluding hydrogens is 340 g/mol. The maximum Gasteiger partial charge on any atom is 0.278 e. The standard InChI is InChI=1S/C19H15ClN2O3/c1-10-7-8-14(11(2)9-10)22-18(23)15-16(21-25-17(15)19(22)24)12-5-3-4-6-13(12)20/h3-9,15,17H,1-2H3/t15-,17-/m0/s1. The first-order valence-electron chi connectivity index (χ1n) is 7.92. The smallest absolute Gasteiger partial charge is 0.278 e. The topological polar surface area (TPSA) is 59.0 Å². The minimum atomic E-state index is -0.931. The van der Waals surface area contributed by atoms with Crippen LogP contribution in [0, 0.1) is 19.8 Å². The molecule has 0 N–H and O–H groups in total. The van der Waals surface area contributed by atoms with Crippen LogP contribution in [0.25, 0.3) is 0 Å². The van der Waals surface area contributed by atoms with Gasteiger partial charge in [-0.3, -0.25) is 9.59 Å². The van der Waals surface area contributed by atoms with Crippen LogP contribution in [0.3, 0.4) is 0 Å². The summed E-state index contributed by atoms with van der Waals surface area (Å²) in [7, 11) is 0. The number of fused-ring (bicyclic) bond motifs is 1. The van der Waals surface area contributed by atoms with Crippen molar-refractivity contribution in [1.82, 2.24) is 0 Å². The fraction of sp³-hybridized carbons (Fsp3) is 0.211. The van der Waals surface area contributed by atoms with Crippen LogP contribution in [-0.2, 0) is 14.4 Å². The lowest BCUT2D eigenvalue weighted by Crippen LogP contribution is -2.33. The van der Waals surface area contributed by atoms with Crippen LogP contribution in [0.2, 0.25) is 5.02 Å². The van der Waals surface area contributed by atoms with E-state index in [4.69, 9.17) is 16.4 Å². The Balaban J connectivity index is 1.75. The van der Waals surface area contributed by atoms with Gasteiger partial charge >= 0.3 is 0 Å². The molecule has 0 unspecified atom stereocenters. The second-order valence-corrected chi connectivity index (χ2v) is 6.67. The number of carbonyl (C=O) groups excluding carboxylic acids is 2. The molecule has 2 atom stereocenters. The van der Waals surface area contributed by atoms with Gasteiger partial charge in [0.2, 0.25) is 12.0 Å². The van der Waals surface area contributed by atoms with E-state index in [9.17, 15) is 9.59 Å². The lowest BCUT2D eigenvalue weighted by Gasteiger charge is -2.18. The van der Waals surface area contributed by atoms with Gasteiger partial charge in [0.25, 0.3) is 5.91 Å². The number of hydrogen-bond acceptors (Lipinski definition) is 4. The van der Waals surface area contributed by atoms with Crippen molar-refractivity contribution in [2.75, 3.05) is 4.90 Å². The zero-order chi connectivity index (χ0) is 17.7. The number of halogens is 1. The summed E-state index contributed by atoms with van der Waals surface area (Å²) in [5.74, 6) is -1.50. The molecule has 5 nitrogen and oxygen atoms in total. The first-order valence-corrected chi connectivity index (χ1v) is 8.30. The fourth-order valence-electron chi connectivity index (χ4n) is 3.36. The highest BCUT2D eigenvalue weighted by Crippen LogP contribution is 2.37. The molecule has 0 saturated carbocycles. The summed E-state index contributed by atoms with van der Waals surface area (Å²) in [6, 6.07) is 12.7. The van der Waals surface area contributed by atoms with Crippen LogP contribution in [0.1, 0.15) is 16.7 Å². The number of rotatable bonds is 2. The monoisotopic (exact) mass is 354 g/mol. The molecule has 2 aliphatic rings. The van der Waals surface area contributed by atoms with Gasteiger partial charge in [0.15, 0.2) is 0 Å². The molecular formula is C19H15ClN2O3. The molecule has 4 rings (SSSR count). The number of carbonyl (C=O) groups is 2. The fourth-order valence-corrected chi connectivity index (χ4v) is 3.60.